The molecule has 7 nitrogen and oxygen atoms in total. The van der Waals surface area contributed by atoms with Crippen LogP contribution in [-0.4, -0.2) is 51.4 Å². The molecule has 1 aromatic heterocycles. The summed E-state index contributed by atoms with van der Waals surface area (Å²) in [5.74, 6) is -0.541. The van der Waals surface area contributed by atoms with Gasteiger partial charge in [-0.1, -0.05) is 41.7 Å². The molecule has 9 heteroatoms. The lowest BCUT2D eigenvalue weighted by Gasteiger charge is -2.23. The number of carbonyl (C=O) groups is 1. The molecule has 2 aromatic carbocycles. The average molecular weight is 461 g/mol. The van der Waals surface area contributed by atoms with Crippen molar-refractivity contribution in [2.75, 3.05) is 30.9 Å². The summed E-state index contributed by atoms with van der Waals surface area (Å²) in [6.45, 7) is 0.937. The van der Waals surface area contributed by atoms with Crippen LogP contribution < -0.4 is 9.64 Å². The SMILES string of the molecule is COc1ccc2nc(N(CC3CCCO3)C(=O)CS(=O)(=O)Cc3ccccc3)sc2c1. The standard InChI is InChI=1S/C22H24N2O5S2/c1-28-17-9-10-19-20(12-17)30-22(23-19)24(13-18-8-5-11-29-18)21(25)15-31(26,27)14-16-6-3-2-4-7-16/h2-4,6-7,9-10,12,18H,5,8,11,13-15H2,1H3. The predicted octanol–water partition coefficient (Wildman–Crippen LogP) is 3.43. The maximum atomic E-state index is 13.2. The third kappa shape index (κ3) is 5.41. The zero-order valence-electron chi connectivity index (χ0n) is 17.2. The van der Waals surface area contributed by atoms with Crippen LogP contribution in [0, 0.1) is 0 Å². The number of rotatable bonds is 8. The van der Waals surface area contributed by atoms with E-state index in [1.54, 1.807) is 31.4 Å². The number of amides is 1. The van der Waals surface area contributed by atoms with E-state index in [0.29, 0.717) is 23.1 Å². The summed E-state index contributed by atoms with van der Waals surface area (Å²) in [7, 11) is -2.05. The molecule has 0 radical (unpaired) electrons. The zero-order valence-corrected chi connectivity index (χ0v) is 18.8. The van der Waals surface area contributed by atoms with E-state index in [4.69, 9.17) is 9.47 Å². The number of hydrogen-bond donors (Lipinski definition) is 0. The lowest BCUT2D eigenvalue weighted by Crippen LogP contribution is -2.41. The monoisotopic (exact) mass is 460 g/mol. The summed E-state index contributed by atoms with van der Waals surface area (Å²) in [5, 5.41) is 0.471. The fourth-order valence-electron chi connectivity index (χ4n) is 3.56. The Bertz CT molecular complexity index is 1160. The highest BCUT2D eigenvalue weighted by molar-refractivity contribution is 7.91. The highest BCUT2D eigenvalue weighted by Crippen LogP contribution is 2.32. The number of thiazole rings is 1. The molecule has 0 bridgehead atoms. The normalized spacial score (nSPS) is 16.5. The molecule has 0 spiro atoms. The molecule has 1 fully saturated rings. The fraction of sp³-hybridized carbons (Fsp3) is 0.364. The first-order valence-corrected chi connectivity index (χ1v) is 12.7. The van der Waals surface area contributed by atoms with Gasteiger partial charge in [0.1, 0.15) is 11.5 Å². The fourth-order valence-corrected chi connectivity index (χ4v) is 5.91. The van der Waals surface area contributed by atoms with E-state index in [2.05, 4.69) is 4.98 Å². The third-order valence-corrected chi connectivity index (χ3v) is 7.60. The Balaban J connectivity index is 1.59. The Hall–Kier alpha value is -2.49. The number of carbonyl (C=O) groups excluding carboxylic acids is 1. The van der Waals surface area contributed by atoms with Crippen molar-refractivity contribution in [1.82, 2.24) is 4.98 Å². The second kappa shape index (κ2) is 9.33. The van der Waals surface area contributed by atoms with Gasteiger partial charge in [-0.3, -0.25) is 9.69 Å². The predicted molar refractivity (Wildman–Crippen MR) is 121 cm³/mol. The molecule has 1 atom stereocenters. The molecule has 31 heavy (non-hydrogen) atoms. The third-order valence-electron chi connectivity index (χ3n) is 5.10. The summed E-state index contributed by atoms with van der Waals surface area (Å²) >= 11 is 1.34. The van der Waals surface area contributed by atoms with E-state index >= 15 is 0 Å². The molecular formula is C22H24N2O5S2. The van der Waals surface area contributed by atoms with Crippen LogP contribution >= 0.6 is 11.3 Å². The van der Waals surface area contributed by atoms with E-state index in [1.807, 2.05) is 24.3 Å². The molecule has 0 N–H and O–H groups in total. The number of fused-ring (bicyclic) bond motifs is 1. The van der Waals surface area contributed by atoms with Gasteiger partial charge in [0.05, 0.1) is 35.7 Å². The summed E-state index contributed by atoms with van der Waals surface area (Å²) in [4.78, 5) is 19.2. The van der Waals surface area contributed by atoms with Gasteiger partial charge in [-0.2, -0.15) is 0 Å². The smallest absolute Gasteiger partial charge is 0.244 e. The second-order valence-corrected chi connectivity index (χ2v) is 10.6. The summed E-state index contributed by atoms with van der Waals surface area (Å²) in [6, 6.07) is 14.4. The van der Waals surface area contributed by atoms with Crippen LogP contribution in [-0.2, 0) is 25.1 Å². The molecule has 1 saturated heterocycles. The molecule has 1 aliphatic heterocycles. The Labute approximate surface area is 185 Å². The minimum Gasteiger partial charge on any atom is -0.497 e. The largest absolute Gasteiger partial charge is 0.497 e. The molecule has 1 amide bonds. The van der Waals surface area contributed by atoms with Crippen LogP contribution in [0.25, 0.3) is 10.2 Å². The number of aromatic nitrogens is 1. The van der Waals surface area contributed by atoms with E-state index < -0.39 is 21.5 Å². The highest BCUT2D eigenvalue weighted by atomic mass is 32.2. The van der Waals surface area contributed by atoms with Gasteiger partial charge in [0, 0.05) is 6.61 Å². The molecule has 4 rings (SSSR count). The van der Waals surface area contributed by atoms with E-state index in [9.17, 15) is 13.2 Å². The Morgan fingerprint density at radius 1 is 1.26 bits per heavy atom. The van der Waals surface area contributed by atoms with Gasteiger partial charge in [-0.05, 0) is 36.6 Å². The van der Waals surface area contributed by atoms with Crippen LogP contribution in [0.2, 0.25) is 0 Å². The number of anilines is 1. The van der Waals surface area contributed by atoms with Gasteiger partial charge in [-0.15, -0.1) is 0 Å². The first kappa shape index (κ1) is 21.7. The molecular weight excluding hydrogens is 436 g/mol. The number of benzene rings is 2. The van der Waals surface area contributed by atoms with Gasteiger partial charge >= 0.3 is 0 Å². The molecule has 0 saturated carbocycles. The van der Waals surface area contributed by atoms with Gasteiger partial charge in [0.15, 0.2) is 15.0 Å². The lowest BCUT2D eigenvalue weighted by molar-refractivity contribution is -0.116. The molecule has 164 valence electrons. The van der Waals surface area contributed by atoms with Crippen molar-refractivity contribution in [3.8, 4) is 5.75 Å². The lowest BCUT2D eigenvalue weighted by atomic mass is 10.2. The number of hydrogen-bond acceptors (Lipinski definition) is 7. The van der Waals surface area contributed by atoms with Crippen molar-refractivity contribution in [3.05, 3.63) is 54.1 Å². The van der Waals surface area contributed by atoms with Crippen LogP contribution in [0.4, 0.5) is 5.13 Å². The molecule has 3 aromatic rings. The maximum absolute atomic E-state index is 13.2. The van der Waals surface area contributed by atoms with Crippen molar-refractivity contribution in [2.45, 2.75) is 24.7 Å². The van der Waals surface area contributed by atoms with E-state index in [0.717, 1.165) is 23.1 Å². The Morgan fingerprint density at radius 3 is 2.77 bits per heavy atom. The van der Waals surface area contributed by atoms with Crippen molar-refractivity contribution < 1.29 is 22.7 Å². The van der Waals surface area contributed by atoms with Crippen LogP contribution in [0.5, 0.6) is 5.75 Å². The molecule has 1 unspecified atom stereocenters. The average Bonchev–Trinajstić information content (AvgIpc) is 3.40. The summed E-state index contributed by atoms with van der Waals surface area (Å²) in [5.41, 5.74) is 1.39. The number of methoxy groups -OCH3 is 1. The molecule has 2 heterocycles. The minimum atomic E-state index is -3.64. The van der Waals surface area contributed by atoms with Crippen molar-refractivity contribution in [1.29, 1.82) is 0 Å². The van der Waals surface area contributed by atoms with E-state index in [1.165, 1.54) is 16.2 Å². The topological polar surface area (TPSA) is 85.8 Å². The molecule has 0 aliphatic carbocycles. The first-order chi connectivity index (χ1) is 14.9. The number of sulfone groups is 1. The van der Waals surface area contributed by atoms with Gasteiger partial charge in [0.2, 0.25) is 5.91 Å². The summed E-state index contributed by atoms with van der Waals surface area (Å²) < 4.78 is 37.3. The highest BCUT2D eigenvalue weighted by Gasteiger charge is 2.29. The zero-order chi connectivity index (χ0) is 21.8. The summed E-state index contributed by atoms with van der Waals surface area (Å²) in [6.07, 6.45) is 1.64. The number of nitrogens with zero attached hydrogens (tertiary/aromatic N) is 2. The maximum Gasteiger partial charge on any atom is 0.244 e. The van der Waals surface area contributed by atoms with Crippen LogP contribution in [0.3, 0.4) is 0 Å². The van der Waals surface area contributed by atoms with Gasteiger partial charge < -0.3 is 9.47 Å². The minimum absolute atomic E-state index is 0.123. The van der Waals surface area contributed by atoms with E-state index in [-0.39, 0.29) is 18.4 Å². The Morgan fingerprint density at radius 2 is 2.06 bits per heavy atom. The van der Waals surface area contributed by atoms with Crippen molar-refractivity contribution >= 4 is 42.4 Å². The van der Waals surface area contributed by atoms with Gasteiger partial charge in [0.25, 0.3) is 0 Å². The Kier molecular flexibility index (Phi) is 6.54. The van der Waals surface area contributed by atoms with Crippen LogP contribution in [0.15, 0.2) is 48.5 Å². The quantitative estimate of drug-likeness (QED) is 0.512. The van der Waals surface area contributed by atoms with Crippen molar-refractivity contribution in [2.24, 2.45) is 0 Å². The van der Waals surface area contributed by atoms with Gasteiger partial charge in [-0.25, -0.2) is 13.4 Å². The second-order valence-electron chi connectivity index (χ2n) is 7.49. The molecule has 1 aliphatic rings. The first-order valence-electron chi connectivity index (χ1n) is 10.0. The number of ether oxygens (including phenoxy) is 2. The van der Waals surface area contributed by atoms with Crippen molar-refractivity contribution in [3.63, 3.8) is 0 Å². The van der Waals surface area contributed by atoms with Crippen LogP contribution in [0.1, 0.15) is 18.4 Å².